The Labute approximate surface area is 71.4 Å². The zero-order chi connectivity index (χ0) is 8.10. The average Bonchev–Trinajstić information content (AvgIpc) is 2.06. The minimum atomic E-state index is -0.285. The molecule has 1 aliphatic heterocycles. The fraction of sp³-hybridized carbons (Fsp3) is 0.714. The second-order valence-electron chi connectivity index (χ2n) is 2.38. The summed E-state index contributed by atoms with van der Waals surface area (Å²) in [6, 6.07) is 0. The van der Waals surface area contributed by atoms with Crippen molar-refractivity contribution in [3.8, 4) is 0 Å². The van der Waals surface area contributed by atoms with Gasteiger partial charge < -0.3 is 14.6 Å². The van der Waals surface area contributed by atoms with Crippen LogP contribution in [0, 0.1) is 0 Å². The second-order valence-corrected chi connectivity index (χ2v) is 2.64. The molecule has 64 valence electrons. The van der Waals surface area contributed by atoms with E-state index in [1.165, 1.54) is 5.41 Å². The van der Waals surface area contributed by atoms with Gasteiger partial charge in [0, 0.05) is 11.8 Å². The molecule has 0 bridgehead atoms. The van der Waals surface area contributed by atoms with Crippen LogP contribution in [0.4, 0.5) is 0 Å². The van der Waals surface area contributed by atoms with Gasteiger partial charge in [0.25, 0.3) is 5.95 Å². The van der Waals surface area contributed by atoms with E-state index in [0.29, 0.717) is 6.61 Å². The van der Waals surface area contributed by atoms with Gasteiger partial charge in [-0.05, 0) is 12.8 Å². The van der Waals surface area contributed by atoms with Gasteiger partial charge in [-0.25, -0.2) is 0 Å². The van der Waals surface area contributed by atoms with Crippen LogP contribution in [0.5, 0.6) is 0 Å². The highest BCUT2D eigenvalue weighted by molar-refractivity contribution is 7.83. The first-order valence-corrected chi connectivity index (χ1v) is 4.16. The van der Waals surface area contributed by atoms with E-state index in [9.17, 15) is 0 Å². The molecule has 0 saturated carbocycles. The van der Waals surface area contributed by atoms with Crippen LogP contribution >= 0.6 is 12.6 Å². The number of ether oxygens (including phenoxy) is 2. The summed E-state index contributed by atoms with van der Waals surface area (Å²) in [7, 11) is 0. The van der Waals surface area contributed by atoms with Crippen LogP contribution in [0.2, 0.25) is 0 Å². The molecular weight excluding hydrogens is 164 g/mol. The Balaban J connectivity index is 2.24. The molecule has 0 aromatic rings. The van der Waals surface area contributed by atoms with E-state index in [0.717, 1.165) is 19.3 Å². The number of thiol groups is 1. The molecule has 1 saturated heterocycles. The van der Waals surface area contributed by atoms with Gasteiger partial charge in [0.1, 0.15) is 0 Å². The van der Waals surface area contributed by atoms with Crippen LogP contribution in [0.3, 0.4) is 0 Å². The van der Waals surface area contributed by atoms with Crippen LogP contribution in [-0.2, 0) is 9.47 Å². The van der Waals surface area contributed by atoms with Crippen molar-refractivity contribution in [1.29, 1.82) is 0 Å². The molecule has 0 aromatic heterocycles. The lowest BCUT2D eigenvalue weighted by atomic mass is 10.2. The van der Waals surface area contributed by atoms with Crippen LogP contribution < -0.4 is 0 Å². The third-order valence-corrected chi connectivity index (χ3v) is 1.72. The van der Waals surface area contributed by atoms with E-state index in [2.05, 4.69) is 12.6 Å². The molecule has 0 aromatic carbocycles. The van der Waals surface area contributed by atoms with Crippen LogP contribution in [-0.4, -0.2) is 18.0 Å². The monoisotopic (exact) mass is 176 g/mol. The predicted molar refractivity (Wildman–Crippen MR) is 44.4 cm³/mol. The fourth-order valence-corrected chi connectivity index (χ4v) is 1.03. The van der Waals surface area contributed by atoms with E-state index in [-0.39, 0.29) is 12.2 Å². The molecule has 1 heterocycles. The highest BCUT2D eigenvalue weighted by Gasteiger charge is 2.15. The Morgan fingerprint density at radius 2 is 2.45 bits per heavy atom. The zero-order valence-electron chi connectivity index (χ0n) is 6.19. The summed E-state index contributed by atoms with van der Waals surface area (Å²) in [6.07, 6.45) is 2.72. The van der Waals surface area contributed by atoms with Crippen LogP contribution in [0.15, 0.2) is 11.4 Å². The summed E-state index contributed by atoms with van der Waals surface area (Å²) in [4.78, 5) is 0. The van der Waals surface area contributed by atoms with Gasteiger partial charge in [0.05, 0.1) is 6.61 Å². The molecular formula is C7H12O3S. The Morgan fingerprint density at radius 3 is 3.00 bits per heavy atom. The minimum Gasteiger partial charge on any atom is -0.481 e. The molecule has 1 fully saturated rings. The molecule has 11 heavy (non-hydrogen) atoms. The zero-order valence-corrected chi connectivity index (χ0v) is 7.09. The number of hydrogen-bond donors (Lipinski definition) is 2. The SMILES string of the molecule is OC(=CS)OC1CCCCO1. The van der Waals surface area contributed by atoms with Gasteiger partial charge >= 0.3 is 0 Å². The van der Waals surface area contributed by atoms with Crippen molar-refractivity contribution in [3.05, 3.63) is 11.4 Å². The van der Waals surface area contributed by atoms with Crippen molar-refractivity contribution in [1.82, 2.24) is 0 Å². The van der Waals surface area contributed by atoms with E-state index in [4.69, 9.17) is 14.6 Å². The molecule has 1 unspecified atom stereocenters. The standard InChI is InChI=1S/C7H12O3S/c8-6(5-11)10-7-3-1-2-4-9-7/h5,7-8,11H,1-4H2. The van der Waals surface area contributed by atoms with Crippen molar-refractivity contribution >= 4 is 12.6 Å². The third kappa shape index (κ3) is 3.03. The number of aliphatic hydroxyl groups excluding tert-OH is 1. The largest absolute Gasteiger partial charge is 0.481 e. The summed E-state index contributed by atoms with van der Waals surface area (Å²) < 4.78 is 10.2. The molecule has 1 aliphatic rings. The Bertz CT molecular complexity index is 141. The molecule has 3 nitrogen and oxygen atoms in total. The normalized spacial score (nSPS) is 26.6. The quantitative estimate of drug-likeness (QED) is 0.498. The van der Waals surface area contributed by atoms with Gasteiger partial charge in [-0.2, -0.15) is 0 Å². The van der Waals surface area contributed by atoms with E-state index < -0.39 is 0 Å². The molecule has 0 radical (unpaired) electrons. The molecule has 0 amide bonds. The van der Waals surface area contributed by atoms with Gasteiger partial charge in [-0.15, -0.1) is 12.6 Å². The van der Waals surface area contributed by atoms with E-state index in [1.54, 1.807) is 0 Å². The Morgan fingerprint density at radius 1 is 1.64 bits per heavy atom. The average molecular weight is 176 g/mol. The van der Waals surface area contributed by atoms with Gasteiger partial charge in [-0.3, -0.25) is 0 Å². The van der Waals surface area contributed by atoms with Crippen LogP contribution in [0.25, 0.3) is 0 Å². The molecule has 0 aliphatic carbocycles. The lowest BCUT2D eigenvalue weighted by molar-refractivity contribution is -0.160. The van der Waals surface area contributed by atoms with Crippen molar-refractivity contribution < 1.29 is 14.6 Å². The first kappa shape index (κ1) is 8.74. The maximum absolute atomic E-state index is 8.89. The molecule has 0 spiro atoms. The van der Waals surface area contributed by atoms with Crippen molar-refractivity contribution in [2.24, 2.45) is 0 Å². The number of aliphatic hydroxyl groups is 1. The summed E-state index contributed by atoms with van der Waals surface area (Å²) in [5.74, 6) is -0.180. The smallest absolute Gasteiger partial charge is 0.285 e. The molecule has 1 atom stereocenters. The van der Waals surface area contributed by atoms with Crippen molar-refractivity contribution in [2.75, 3.05) is 6.61 Å². The maximum atomic E-state index is 8.89. The highest BCUT2D eigenvalue weighted by Crippen LogP contribution is 2.15. The first-order valence-electron chi connectivity index (χ1n) is 3.64. The fourth-order valence-electron chi connectivity index (χ4n) is 0.969. The van der Waals surface area contributed by atoms with Gasteiger partial charge in [0.15, 0.2) is 0 Å². The number of hydrogen-bond acceptors (Lipinski definition) is 4. The Kier molecular flexibility index (Phi) is 3.59. The van der Waals surface area contributed by atoms with E-state index >= 15 is 0 Å². The summed E-state index contributed by atoms with van der Waals surface area (Å²) in [5.41, 5.74) is 0. The summed E-state index contributed by atoms with van der Waals surface area (Å²) in [5, 5.41) is 10.1. The third-order valence-electron chi connectivity index (χ3n) is 1.50. The summed E-state index contributed by atoms with van der Waals surface area (Å²) in [6.45, 7) is 0.713. The second kappa shape index (κ2) is 4.51. The molecule has 1 N–H and O–H groups in total. The van der Waals surface area contributed by atoms with Crippen molar-refractivity contribution in [3.63, 3.8) is 0 Å². The predicted octanol–water partition coefficient (Wildman–Crippen LogP) is 1.82. The highest BCUT2D eigenvalue weighted by atomic mass is 32.1. The lowest BCUT2D eigenvalue weighted by Crippen LogP contribution is -2.21. The van der Waals surface area contributed by atoms with Gasteiger partial charge in [-0.1, -0.05) is 0 Å². The minimum absolute atomic E-state index is 0.180. The Hall–Kier alpha value is -0.350. The van der Waals surface area contributed by atoms with E-state index in [1.807, 2.05) is 0 Å². The topological polar surface area (TPSA) is 38.7 Å². The van der Waals surface area contributed by atoms with Crippen LogP contribution in [0.1, 0.15) is 19.3 Å². The van der Waals surface area contributed by atoms with Gasteiger partial charge in [0.2, 0.25) is 6.29 Å². The molecule has 4 heteroatoms. The van der Waals surface area contributed by atoms with Crippen molar-refractivity contribution in [2.45, 2.75) is 25.6 Å². The summed E-state index contributed by atoms with van der Waals surface area (Å²) >= 11 is 3.72. The lowest BCUT2D eigenvalue weighted by Gasteiger charge is -2.22. The first-order chi connectivity index (χ1) is 5.33. The maximum Gasteiger partial charge on any atom is 0.285 e. The number of rotatable bonds is 2. The molecule has 1 rings (SSSR count).